The summed E-state index contributed by atoms with van der Waals surface area (Å²) in [6.07, 6.45) is 0. The van der Waals surface area contributed by atoms with Gasteiger partial charge in [0.2, 0.25) is 0 Å². The van der Waals surface area contributed by atoms with Gasteiger partial charge < -0.3 is 9.30 Å². The second kappa shape index (κ2) is 4.78. The largest absolute Gasteiger partial charge is 0.462 e. The number of ketones is 1. The zero-order valence-electron chi connectivity index (χ0n) is 12.5. The van der Waals surface area contributed by atoms with Crippen molar-refractivity contribution in [3.8, 4) is 5.69 Å². The first-order valence-corrected chi connectivity index (χ1v) is 6.54. The highest BCUT2D eigenvalue weighted by Crippen LogP contribution is 2.44. The van der Waals surface area contributed by atoms with Crippen LogP contribution in [-0.2, 0) is 9.53 Å². The molecule has 0 unspecified atom stereocenters. The van der Waals surface area contributed by atoms with Crippen molar-refractivity contribution < 1.29 is 14.3 Å². The van der Waals surface area contributed by atoms with E-state index in [-0.39, 0.29) is 11.4 Å². The van der Waals surface area contributed by atoms with Crippen LogP contribution in [0.15, 0.2) is 18.2 Å². The third-order valence-corrected chi connectivity index (χ3v) is 3.15. The van der Waals surface area contributed by atoms with Gasteiger partial charge in [-0.15, -0.1) is 0 Å². The monoisotopic (exact) mass is 273 g/mol. The van der Waals surface area contributed by atoms with Crippen molar-refractivity contribution in [3.63, 3.8) is 0 Å². The van der Waals surface area contributed by atoms with E-state index in [4.69, 9.17) is 0 Å². The van der Waals surface area contributed by atoms with Crippen LogP contribution in [-0.4, -0.2) is 22.4 Å². The lowest BCUT2D eigenvalue weighted by atomic mass is 10.1. The molecule has 0 saturated heterocycles. The number of fused-ring (bicyclic) bond motifs is 4. The van der Waals surface area contributed by atoms with Crippen LogP contribution < -0.4 is 0 Å². The Balaban J connectivity index is 0.000000182. The molecule has 0 N–H and O–H groups in total. The lowest BCUT2D eigenvalue weighted by molar-refractivity contribution is -0.138. The minimum absolute atomic E-state index is 0.139. The normalized spacial score (nSPS) is 11.7. The van der Waals surface area contributed by atoms with Gasteiger partial charge >= 0.3 is 0 Å². The van der Waals surface area contributed by atoms with E-state index >= 15 is 0 Å². The van der Waals surface area contributed by atoms with Crippen molar-refractivity contribution in [2.45, 2.75) is 40.2 Å². The van der Waals surface area contributed by atoms with E-state index in [2.05, 4.69) is 16.2 Å². The summed E-state index contributed by atoms with van der Waals surface area (Å²) in [5.41, 5.74) is 4.39. The summed E-state index contributed by atoms with van der Waals surface area (Å²) in [6, 6.07) is 5.90. The molecule has 0 saturated carbocycles. The predicted molar refractivity (Wildman–Crippen MR) is 78.5 cm³/mol. The van der Waals surface area contributed by atoms with Crippen LogP contribution in [0.2, 0.25) is 0 Å². The predicted octanol–water partition coefficient (Wildman–Crippen LogP) is 3.41. The number of benzene rings is 1. The Kier molecular flexibility index (Phi) is 3.42. The van der Waals surface area contributed by atoms with E-state index in [0.29, 0.717) is 6.47 Å². The molecule has 106 valence electrons. The summed E-state index contributed by atoms with van der Waals surface area (Å²) in [4.78, 5) is 20.7. The molecule has 0 bridgehead atoms. The Morgan fingerprint density at radius 1 is 1.30 bits per heavy atom. The van der Waals surface area contributed by atoms with E-state index in [0.717, 1.165) is 5.56 Å². The third-order valence-electron chi connectivity index (χ3n) is 3.15. The minimum Gasteiger partial charge on any atom is -0.462 e. The quantitative estimate of drug-likeness (QED) is 0.531. The highest BCUT2D eigenvalue weighted by molar-refractivity contribution is 6.07. The maximum atomic E-state index is 11.1. The standard InChI is InChI=1S/C11H9NO.C5H10O2/c1-6-11-9-5-8(7(2)13)3-4-10(9)12(6)11;1-5(2,3)7-4-6/h3-5H,1-2H3;4H,1-3H3. The number of aryl methyl sites for hydroxylation is 1. The van der Waals surface area contributed by atoms with Gasteiger partial charge in [-0.25, -0.2) is 0 Å². The van der Waals surface area contributed by atoms with Gasteiger partial charge in [0.15, 0.2) is 5.78 Å². The van der Waals surface area contributed by atoms with E-state index in [1.54, 1.807) is 6.92 Å². The van der Waals surface area contributed by atoms with Crippen LogP contribution in [0, 0.1) is 6.92 Å². The summed E-state index contributed by atoms with van der Waals surface area (Å²) in [5, 5.41) is 1.24. The number of aromatic nitrogens is 1. The van der Waals surface area contributed by atoms with E-state index in [1.165, 1.54) is 22.3 Å². The summed E-state index contributed by atoms with van der Waals surface area (Å²) < 4.78 is 6.76. The highest BCUT2D eigenvalue weighted by atomic mass is 16.5. The van der Waals surface area contributed by atoms with Crippen molar-refractivity contribution in [3.05, 3.63) is 29.5 Å². The molecule has 2 aliphatic rings. The van der Waals surface area contributed by atoms with Crippen LogP contribution in [0.5, 0.6) is 0 Å². The number of hydrogen-bond donors (Lipinski definition) is 0. The molecule has 3 rings (SSSR count). The van der Waals surface area contributed by atoms with Crippen LogP contribution in [0.25, 0.3) is 16.6 Å². The molecule has 0 amide bonds. The zero-order valence-corrected chi connectivity index (χ0v) is 12.5. The Hall–Kier alpha value is -2.10. The molecule has 0 aliphatic carbocycles. The molecule has 20 heavy (non-hydrogen) atoms. The van der Waals surface area contributed by atoms with E-state index in [9.17, 15) is 9.59 Å². The van der Waals surface area contributed by atoms with Crippen LogP contribution in [0.1, 0.15) is 43.7 Å². The molecular weight excluding hydrogens is 254 g/mol. The minimum atomic E-state index is -0.318. The summed E-state index contributed by atoms with van der Waals surface area (Å²) in [6.45, 7) is 9.62. The van der Waals surface area contributed by atoms with Crippen LogP contribution >= 0.6 is 0 Å². The molecule has 4 nitrogen and oxygen atoms in total. The Morgan fingerprint density at radius 3 is 2.40 bits per heavy atom. The molecule has 1 aromatic carbocycles. The van der Waals surface area contributed by atoms with Crippen LogP contribution in [0.3, 0.4) is 0 Å². The van der Waals surface area contributed by atoms with Crippen LogP contribution in [0.4, 0.5) is 0 Å². The fraction of sp³-hybridized carbons (Fsp3) is 0.375. The zero-order chi connectivity index (χ0) is 15.1. The number of carbonyl (C=O) groups is 2. The smallest absolute Gasteiger partial charge is 0.293 e. The summed E-state index contributed by atoms with van der Waals surface area (Å²) in [5.74, 6) is 0.139. The molecule has 0 aromatic heterocycles. The average molecular weight is 273 g/mol. The number of nitrogens with zero attached hydrogens (tertiary/aromatic N) is 1. The van der Waals surface area contributed by atoms with Gasteiger partial charge in [-0.3, -0.25) is 9.59 Å². The Labute approximate surface area is 118 Å². The molecule has 2 aliphatic heterocycles. The number of hydrogen-bond acceptors (Lipinski definition) is 3. The van der Waals surface area contributed by atoms with Gasteiger partial charge in [0.1, 0.15) is 5.60 Å². The molecule has 0 atom stereocenters. The lowest BCUT2D eigenvalue weighted by Gasteiger charge is -2.14. The lowest BCUT2D eigenvalue weighted by Crippen LogP contribution is -2.17. The SMILES string of the molecule is CC(=O)c1ccc2c(c1)c1c(C)n2-1.CC(C)(C)OC=O. The summed E-state index contributed by atoms with van der Waals surface area (Å²) >= 11 is 0. The first-order chi connectivity index (χ1) is 9.26. The Morgan fingerprint density at radius 2 is 1.95 bits per heavy atom. The average Bonchev–Trinajstić information content (AvgIpc) is 2.88. The topological polar surface area (TPSA) is 48.3 Å². The summed E-state index contributed by atoms with van der Waals surface area (Å²) in [7, 11) is 0. The van der Waals surface area contributed by atoms with Gasteiger partial charge in [-0.1, -0.05) is 0 Å². The van der Waals surface area contributed by atoms with Crippen molar-refractivity contribution in [2.75, 3.05) is 0 Å². The van der Waals surface area contributed by atoms with E-state index < -0.39 is 0 Å². The molecule has 0 radical (unpaired) electrons. The maximum Gasteiger partial charge on any atom is 0.293 e. The van der Waals surface area contributed by atoms with Gasteiger partial charge in [0.25, 0.3) is 6.47 Å². The molecule has 2 heterocycles. The van der Waals surface area contributed by atoms with E-state index in [1.807, 2.05) is 39.0 Å². The molecule has 0 fully saturated rings. The van der Waals surface area contributed by atoms with Crippen molar-refractivity contribution >= 4 is 23.2 Å². The molecule has 1 aromatic rings. The van der Waals surface area contributed by atoms with Crippen molar-refractivity contribution in [1.29, 1.82) is 0 Å². The van der Waals surface area contributed by atoms with Crippen molar-refractivity contribution in [1.82, 2.24) is 4.57 Å². The number of rotatable bonds is 2. The first kappa shape index (κ1) is 14.3. The Bertz CT molecular complexity index is 690. The fourth-order valence-corrected chi connectivity index (χ4v) is 2.10. The van der Waals surface area contributed by atoms with Gasteiger partial charge in [0.05, 0.1) is 11.2 Å². The van der Waals surface area contributed by atoms with Gasteiger partial charge in [-0.05, 0) is 52.8 Å². The number of Topliss-reactive ketones (excluding diaryl/α,β-unsaturated/α-hetero) is 1. The second-order valence-electron chi connectivity index (χ2n) is 5.88. The molecule has 4 heteroatoms. The number of ether oxygens (including phenoxy) is 1. The van der Waals surface area contributed by atoms with Crippen molar-refractivity contribution in [2.24, 2.45) is 0 Å². The maximum absolute atomic E-state index is 11.1. The third kappa shape index (κ3) is 2.59. The number of carbonyl (C=O) groups excluding carboxylic acids is 2. The second-order valence-corrected chi connectivity index (χ2v) is 5.88. The highest BCUT2D eigenvalue weighted by Gasteiger charge is 2.29. The van der Waals surface area contributed by atoms with Gasteiger partial charge in [0, 0.05) is 16.6 Å². The molecular formula is C16H19NO3. The molecule has 0 spiro atoms. The fourth-order valence-electron chi connectivity index (χ4n) is 2.10. The van der Waals surface area contributed by atoms with Gasteiger partial charge in [-0.2, -0.15) is 0 Å². The first-order valence-electron chi connectivity index (χ1n) is 6.54.